The van der Waals surface area contributed by atoms with E-state index in [2.05, 4.69) is 28.1 Å². The van der Waals surface area contributed by atoms with Gasteiger partial charge in [-0.1, -0.05) is 12.1 Å². The molecule has 1 saturated heterocycles. The van der Waals surface area contributed by atoms with Crippen LogP contribution in [0.4, 0.5) is 0 Å². The van der Waals surface area contributed by atoms with E-state index in [0.29, 0.717) is 12.4 Å². The first-order chi connectivity index (χ1) is 15.8. The van der Waals surface area contributed by atoms with Crippen LogP contribution in [0.1, 0.15) is 0 Å². The van der Waals surface area contributed by atoms with Gasteiger partial charge < -0.3 is 14.2 Å². The van der Waals surface area contributed by atoms with E-state index >= 15 is 0 Å². The smallest absolute Gasteiger partial charge is 0.159 e. The highest BCUT2D eigenvalue weighted by Gasteiger charge is 2.11. The lowest BCUT2D eigenvalue weighted by Gasteiger charge is -2.26. The average Bonchev–Trinajstić information content (AvgIpc) is 3.29. The number of aromatic nitrogens is 2. The van der Waals surface area contributed by atoms with Gasteiger partial charge in [0.25, 0.3) is 0 Å². The van der Waals surface area contributed by atoms with E-state index in [4.69, 9.17) is 19.2 Å². The number of hydrogen-bond donors (Lipinski definition) is 0. The van der Waals surface area contributed by atoms with E-state index in [1.54, 1.807) is 18.4 Å². The van der Waals surface area contributed by atoms with Crippen LogP contribution < -0.4 is 9.47 Å². The molecule has 0 spiro atoms. The Labute approximate surface area is 191 Å². The molecule has 0 unspecified atom stereocenters. The van der Waals surface area contributed by atoms with Crippen LogP contribution in [-0.4, -0.2) is 61.4 Å². The number of benzene rings is 2. The highest BCUT2D eigenvalue weighted by atomic mass is 32.1. The van der Waals surface area contributed by atoms with Gasteiger partial charge in [0.05, 0.1) is 30.5 Å². The zero-order chi connectivity index (χ0) is 21.8. The van der Waals surface area contributed by atoms with Crippen LogP contribution in [0.5, 0.6) is 11.5 Å². The zero-order valence-electron chi connectivity index (χ0n) is 18.0. The molecule has 1 aliphatic heterocycles. The summed E-state index contributed by atoms with van der Waals surface area (Å²) in [7, 11) is 1.66. The van der Waals surface area contributed by atoms with Gasteiger partial charge in [-0.15, -0.1) is 11.3 Å². The summed E-state index contributed by atoms with van der Waals surface area (Å²) in [5.41, 5.74) is 3.04. The molecule has 164 valence electrons. The van der Waals surface area contributed by atoms with Crippen LogP contribution in [0.25, 0.3) is 32.0 Å². The third-order valence-electron chi connectivity index (χ3n) is 5.52. The Balaban J connectivity index is 1.27. The number of hydrogen-bond acceptors (Lipinski definition) is 7. The van der Waals surface area contributed by atoms with Crippen molar-refractivity contribution in [1.29, 1.82) is 0 Å². The van der Waals surface area contributed by atoms with Gasteiger partial charge in [0.2, 0.25) is 0 Å². The Bertz CT molecular complexity index is 1190. The molecule has 0 N–H and O–H groups in total. The molecular weight excluding hydrogens is 422 g/mol. The summed E-state index contributed by atoms with van der Waals surface area (Å²) in [4.78, 5) is 12.9. The van der Waals surface area contributed by atoms with Crippen molar-refractivity contribution in [3.63, 3.8) is 0 Å². The number of fused-ring (bicyclic) bond motifs is 1. The van der Waals surface area contributed by atoms with Crippen molar-refractivity contribution in [2.45, 2.75) is 0 Å². The summed E-state index contributed by atoms with van der Waals surface area (Å²) in [6.07, 6.45) is 1.90. The molecule has 1 aliphatic rings. The van der Waals surface area contributed by atoms with Gasteiger partial charge in [-0.05, 0) is 48.0 Å². The van der Waals surface area contributed by atoms with Gasteiger partial charge in [0.1, 0.15) is 18.1 Å². The number of morpholine rings is 1. The van der Waals surface area contributed by atoms with Gasteiger partial charge >= 0.3 is 0 Å². The maximum atomic E-state index is 5.93. The number of nitrogens with zero attached hydrogens (tertiary/aromatic N) is 3. The van der Waals surface area contributed by atoms with Crippen molar-refractivity contribution in [1.82, 2.24) is 14.9 Å². The summed E-state index contributed by atoms with van der Waals surface area (Å²) in [6.45, 7) is 5.21. The molecule has 0 atom stereocenters. The van der Waals surface area contributed by atoms with E-state index in [1.165, 1.54) is 0 Å². The molecule has 7 heteroatoms. The van der Waals surface area contributed by atoms with E-state index < -0.39 is 0 Å². The molecule has 3 heterocycles. The minimum atomic E-state index is 0.685. The van der Waals surface area contributed by atoms with Crippen molar-refractivity contribution in [2.24, 2.45) is 0 Å². The van der Waals surface area contributed by atoms with Crippen LogP contribution in [0.2, 0.25) is 0 Å². The fraction of sp³-hybridized carbons (Fsp3) is 0.280. The average molecular weight is 448 g/mol. The molecule has 0 aliphatic carbocycles. The Morgan fingerprint density at radius 3 is 2.66 bits per heavy atom. The zero-order valence-corrected chi connectivity index (χ0v) is 18.8. The molecule has 1 fully saturated rings. The van der Waals surface area contributed by atoms with Gasteiger partial charge in [-0.25, -0.2) is 9.97 Å². The maximum absolute atomic E-state index is 5.93. The molecule has 0 saturated carbocycles. The number of ether oxygens (including phenoxy) is 3. The molecule has 5 rings (SSSR count). The molecule has 2 aromatic carbocycles. The molecule has 4 aromatic rings. The van der Waals surface area contributed by atoms with Crippen LogP contribution in [0.15, 0.2) is 60.8 Å². The highest BCUT2D eigenvalue weighted by Crippen LogP contribution is 2.34. The monoisotopic (exact) mass is 447 g/mol. The third kappa shape index (κ3) is 4.75. The largest absolute Gasteiger partial charge is 0.497 e. The second-order valence-electron chi connectivity index (χ2n) is 7.61. The van der Waals surface area contributed by atoms with Gasteiger partial charge in [0, 0.05) is 36.3 Å². The van der Waals surface area contributed by atoms with Crippen molar-refractivity contribution >= 4 is 21.6 Å². The predicted octanol–water partition coefficient (Wildman–Crippen LogP) is 4.74. The van der Waals surface area contributed by atoms with Crippen molar-refractivity contribution < 1.29 is 14.2 Å². The first kappa shape index (κ1) is 20.9. The quantitative estimate of drug-likeness (QED) is 0.408. The first-order valence-electron chi connectivity index (χ1n) is 10.7. The van der Waals surface area contributed by atoms with Gasteiger partial charge in [0.15, 0.2) is 5.82 Å². The number of rotatable bonds is 7. The molecule has 0 amide bonds. The van der Waals surface area contributed by atoms with Crippen molar-refractivity contribution in [3.05, 3.63) is 60.8 Å². The minimum Gasteiger partial charge on any atom is -0.497 e. The number of methoxy groups -OCH3 is 1. The molecule has 32 heavy (non-hydrogen) atoms. The molecule has 2 aromatic heterocycles. The molecule has 6 nitrogen and oxygen atoms in total. The summed E-state index contributed by atoms with van der Waals surface area (Å²) < 4.78 is 17.7. The van der Waals surface area contributed by atoms with E-state index in [1.807, 2.05) is 42.6 Å². The van der Waals surface area contributed by atoms with Crippen LogP contribution in [0.3, 0.4) is 0 Å². The summed E-state index contributed by atoms with van der Waals surface area (Å²) in [5.74, 6) is 2.39. The van der Waals surface area contributed by atoms with Crippen LogP contribution >= 0.6 is 11.3 Å². The standard InChI is InChI=1S/C25H25N3O3S/c1-29-21-4-2-3-19(15-21)25-26-17-24-22(27-25)16-23(32-24)18-5-7-20(8-6-18)31-14-11-28-9-12-30-13-10-28/h2-8,15-17H,9-14H2,1H3. The van der Waals surface area contributed by atoms with Gasteiger partial charge in [-0.2, -0.15) is 0 Å². The lowest BCUT2D eigenvalue weighted by atomic mass is 10.2. The Hall–Kier alpha value is -3.00. The maximum Gasteiger partial charge on any atom is 0.159 e. The summed E-state index contributed by atoms with van der Waals surface area (Å²) >= 11 is 1.70. The minimum absolute atomic E-state index is 0.685. The highest BCUT2D eigenvalue weighted by molar-refractivity contribution is 7.22. The second-order valence-corrected chi connectivity index (χ2v) is 8.70. The van der Waals surface area contributed by atoms with Crippen LogP contribution in [0, 0.1) is 0 Å². The SMILES string of the molecule is COc1cccc(-c2ncc3sc(-c4ccc(OCCN5CCOCC5)cc4)cc3n2)c1. The normalized spacial score (nSPS) is 14.5. The van der Waals surface area contributed by atoms with Crippen molar-refractivity contribution in [3.8, 4) is 33.3 Å². The second kappa shape index (κ2) is 9.65. The summed E-state index contributed by atoms with van der Waals surface area (Å²) in [5, 5.41) is 0. The Morgan fingerprint density at radius 1 is 1.00 bits per heavy atom. The molecular formula is C25H25N3O3S. The van der Waals surface area contributed by atoms with E-state index in [9.17, 15) is 0 Å². The van der Waals surface area contributed by atoms with Crippen molar-refractivity contribution in [2.75, 3.05) is 46.6 Å². The third-order valence-corrected chi connectivity index (χ3v) is 6.63. The number of thiophene rings is 1. The lowest BCUT2D eigenvalue weighted by Crippen LogP contribution is -2.38. The summed E-state index contributed by atoms with van der Waals surface area (Å²) in [6, 6.07) is 18.2. The van der Waals surface area contributed by atoms with Gasteiger partial charge in [-0.3, -0.25) is 4.90 Å². The topological polar surface area (TPSA) is 56.7 Å². The Morgan fingerprint density at radius 2 is 1.84 bits per heavy atom. The molecule has 0 radical (unpaired) electrons. The molecule has 0 bridgehead atoms. The fourth-order valence-corrected chi connectivity index (χ4v) is 4.69. The fourth-order valence-electron chi connectivity index (χ4n) is 3.71. The predicted molar refractivity (Wildman–Crippen MR) is 128 cm³/mol. The van der Waals surface area contributed by atoms with E-state index in [-0.39, 0.29) is 0 Å². The Kier molecular flexibility index (Phi) is 6.29. The van der Waals surface area contributed by atoms with Crippen LogP contribution in [-0.2, 0) is 4.74 Å². The van der Waals surface area contributed by atoms with E-state index in [0.717, 1.165) is 70.6 Å². The lowest BCUT2D eigenvalue weighted by molar-refractivity contribution is 0.0322. The first-order valence-corrected chi connectivity index (χ1v) is 11.5.